The third kappa shape index (κ3) is 2.14. The second-order valence-electron chi connectivity index (χ2n) is 4.24. The van der Waals surface area contributed by atoms with Crippen LogP contribution in [0.25, 0.3) is 16.7 Å². The number of nitrogens with one attached hydrogen (secondary N) is 1. The number of nitrogens with zero attached hydrogens (tertiary/aromatic N) is 1. The fraction of sp³-hybridized carbons (Fsp3) is 0.0714. The Balaban J connectivity index is 2.37. The van der Waals surface area contributed by atoms with E-state index in [1.165, 1.54) is 6.07 Å². The minimum absolute atomic E-state index is 0.359. The van der Waals surface area contributed by atoms with Crippen molar-refractivity contribution in [2.45, 2.75) is 0 Å². The summed E-state index contributed by atoms with van der Waals surface area (Å²) in [6.07, 6.45) is 0. The summed E-state index contributed by atoms with van der Waals surface area (Å²) in [7, 11) is 1.54. The number of methoxy groups -OCH3 is 1. The van der Waals surface area contributed by atoms with Crippen LogP contribution in [0.1, 0.15) is 0 Å². The summed E-state index contributed by atoms with van der Waals surface area (Å²) in [6, 6.07) is 10.3. The minimum atomic E-state index is -0.359. The quantitative estimate of drug-likeness (QED) is 0.683. The zero-order valence-electron chi connectivity index (χ0n) is 10.5. The largest absolute Gasteiger partial charge is 0.497 e. The van der Waals surface area contributed by atoms with Gasteiger partial charge in [0.2, 0.25) is 0 Å². The number of hydrogen-bond acceptors (Lipinski definition) is 2. The first kappa shape index (κ1) is 13.3. The molecule has 3 aromatic rings. The molecule has 0 aliphatic carbocycles. The summed E-state index contributed by atoms with van der Waals surface area (Å²) in [5.74, 6) is 0.218. The van der Waals surface area contributed by atoms with Gasteiger partial charge in [-0.3, -0.25) is 4.57 Å². The molecule has 0 fully saturated rings. The SMILES string of the molecule is COc1ccc(F)c(-n2c(=S)[nH]c3ccc(Br)cc32)c1. The standard InChI is InChI=1S/C14H10BrFN2OS/c1-19-9-3-4-10(16)12(7-9)18-13-6-8(15)2-5-11(13)17-14(18)20/h2-7H,1H3,(H,17,20). The normalized spacial score (nSPS) is 10.9. The van der Waals surface area contributed by atoms with Crippen molar-refractivity contribution in [3.63, 3.8) is 0 Å². The monoisotopic (exact) mass is 352 g/mol. The zero-order valence-corrected chi connectivity index (χ0v) is 12.9. The predicted octanol–water partition coefficient (Wildman–Crippen LogP) is 4.60. The van der Waals surface area contributed by atoms with Crippen LogP contribution in [0.5, 0.6) is 5.75 Å². The molecule has 6 heteroatoms. The lowest BCUT2D eigenvalue weighted by atomic mass is 10.2. The van der Waals surface area contributed by atoms with Crippen LogP contribution in [0.3, 0.4) is 0 Å². The Bertz CT molecular complexity index is 856. The molecule has 1 aromatic heterocycles. The van der Waals surface area contributed by atoms with Crippen LogP contribution in [0, 0.1) is 10.6 Å². The van der Waals surface area contributed by atoms with Crippen LogP contribution in [-0.2, 0) is 0 Å². The minimum Gasteiger partial charge on any atom is -0.497 e. The topological polar surface area (TPSA) is 29.9 Å². The molecule has 1 N–H and O–H groups in total. The first-order valence-corrected chi connectivity index (χ1v) is 7.04. The molecule has 1 heterocycles. The van der Waals surface area contributed by atoms with Crippen LogP contribution >= 0.6 is 28.1 Å². The number of H-pyrrole nitrogens is 1. The molecule has 2 aromatic carbocycles. The van der Waals surface area contributed by atoms with E-state index in [-0.39, 0.29) is 5.82 Å². The molecule has 0 spiro atoms. The smallest absolute Gasteiger partial charge is 0.182 e. The Labute approximate surface area is 128 Å². The van der Waals surface area contributed by atoms with Crippen LogP contribution < -0.4 is 4.74 Å². The lowest BCUT2D eigenvalue weighted by Gasteiger charge is -2.08. The van der Waals surface area contributed by atoms with Gasteiger partial charge in [0.05, 0.1) is 23.8 Å². The molecule has 0 unspecified atom stereocenters. The first-order valence-electron chi connectivity index (χ1n) is 5.84. The third-order valence-corrected chi connectivity index (χ3v) is 3.82. The van der Waals surface area contributed by atoms with E-state index in [1.807, 2.05) is 18.2 Å². The van der Waals surface area contributed by atoms with Crippen molar-refractivity contribution < 1.29 is 9.13 Å². The van der Waals surface area contributed by atoms with Gasteiger partial charge in [0.25, 0.3) is 0 Å². The van der Waals surface area contributed by atoms with Crippen molar-refractivity contribution in [2.24, 2.45) is 0 Å². The summed E-state index contributed by atoms with van der Waals surface area (Å²) in [6.45, 7) is 0. The van der Waals surface area contributed by atoms with Crippen molar-refractivity contribution >= 4 is 39.2 Å². The Hall–Kier alpha value is -1.66. The van der Waals surface area contributed by atoms with Gasteiger partial charge < -0.3 is 9.72 Å². The highest BCUT2D eigenvalue weighted by atomic mass is 79.9. The van der Waals surface area contributed by atoms with Gasteiger partial charge in [0, 0.05) is 10.5 Å². The van der Waals surface area contributed by atoms with Crippen molar-refractivity contribution in [1.82, 2.24) is 9.55 Å². The van der Waals surface area contributed by atoms with Gasteiger partial charge in [-0.2, -0.15) is 0 Å². The van der Waals surface area contributed by atoms with E-state index < -0.39 is 0 Å². The third-order valence-electron chi connectivity index (χ3n) is 3.04. The molecule has 0 radical (unpaired) electrons. The molecule has 0 aliphatic heterocycles. The van der Waals surface area contributed by atoms with E-state index in [9.17, 15) is 4.39 Å². The van der Waals surface area contributed by atoms with Gasteiger partial charge in [-0.05, 0) is 42.5 Å². The van der Waals surface area contributed by atoms with Crippen molar-refractivity contribution in [1.29, 1.82) is 0 Å². The summed E-state index contributed by atoms with van der Waals surface area (Å²) in [5.41, 5.74) is 2.01. The van der Waals surface area contributed by atoms with E-state index in [2.05, 4.69) is 20.9 Å². The molecule has 0 bridgehead atoms. The maximum atomic E-state index is 14.1. The Morgan fingerprint density at radius 2 is 2.05 bits per heavy atom. The van der Waals surface area contributed by atoms with Crippen molar-refractivity contribution in [3.05, 3.63) is 51.5 Å². The molecular weight excluding hydrogens is 343 g/mol. The Kier molecular flexibility index (Phi) is 3.35. The first-order chi connectivity index (χ1) is 9.60. The van der Waals surface area contributed by atoms with E-state index in [0.717, 1.165) is 15.5 Å². The van der Waals surface area contributed by atoms with Crippen LogP contribution in [0.15, 0.2) is 40.9 Å². The van der Waals surface area contributed by atoms with Crippen molar-refractivity contribution in [2.75, 3.05) is 7.11 Å². The molecule has 3 rings (SSSR count). The molecule has 3 nitrogen and oxygen atoms in total. The number of aromatic nitrogens is 2. The summed E-state index contributed by atoms with van der Waals surface area (Å²) < 4.78 is 22.3. The lowest BCUT2D eigenvalue weighted by Crippen LogP contribution is -1.98. The van der Waals surface area contributed by atoms with Gasteiger partial charge >= 0.3 is 0 Å². The second-order valence-corrected chi connectivity index (χ2v) is 5.55. The fourth-order valence-electron chi connectivity index (χ4n) is 2.11. The lowest BCUT2D eigenvalue weighted by molar-refractivity contribution is 0.413. The predicted molar refractivity (Wildman–Crippen MR) is 82.7 cm³/mol. The van der Waals surface area contributed by atoms with Gasteiger partial charge in [0.15, 0.2) is 4.77 Å². The number of hydrogen-bond donors (Lipinski definition) is 1. The van der Waals surface area contributed by atoms with Gasteiger partial charge in [-0.25, -0.2) is 4.39 Å². The highest BCUT2D eigenvalue weighted by Gasteiger charge is 2.12. The molecule has 0 atom stereocenters. The number of fused-ring (bicyclic) bond motifs is 1. The summed E-state index contributed by atoms with van der Waals surface area (Å²) in [5, 5.41) is 0. The highest BCUT2D eigenvalue weighted by molar-refractivity contribution is 9.10. The molecular formula is C14H10BrFN2OS. The van der Waals surface area contributed by atoms with E-state index in [0.29, 0.717) is 16.2 Å². The number of halogens is 2. The average Bonchev–Trinajstić information content (AvgIpc) is 2.75. The number of aromatic amines is 1. The van der Waals surface area contributed by atoms with Crippen molar-refractivity contribution in [3.8, 4) is 11.4 Å². The average molecular weight is 353 g/mol. The van der Waals surface area contributed by atoms with Gasteiger partial charge in [0.1, 0.15) is 11.6 Å². The van der Waals surface area contributed by atoms with Crippen LogP contribution in [0.4, 0.5) is 4.39 Å². The summed E-state index contributed by atoms with van der Waals surface area (Å²) in [4.78, 5) is 3.07. The van der Waals surface area contributed by atoms with Gasteiger partial charge in [-0.1, -0.05) is 15.9 Å². The van der Waals surface area contributed by atoms with E-state index in [1.54, 1.807) is 23.8 Å². The maximum absolute atomic E-state index is 14.1. The molecule has 0 aliphatic rings. The Morgan fingerprint density at radius 1 is 1.25 bits per heavy atom. The molecule has 0 amide bonds. The molecule has 20 heavy (non-hydrogen) atoms. The molecule has 0 saturated carbocycles. The van der Waals surface area contributed by atoms with Crippen LogP contribution in [-0.4, -0.2) is 16.7 Å². The Morgan fingerprint density at radius 3 is 2.80 bits per heavy atom. The number of ether oxygens (including phenoxy) is 1. The molecule has 0 saturated heterocycles. The highest BCUT2D eigenvalue weighted by Crippen LogP contribution is 2.26. The number of imidazole rings is 1. The van der Waals surface area contributed by atoms with E-state index >= 15 is 0 Å². The fourth-order valence-corrected chi connectivity index (χ4v) is 2.76. The summed E-state index contributed by atoms with van der Waals surface area (Å²) >= 11 is 8.72. The maximum Gasteiger partial charge on any atom is 0.182 e. The second kappa shape index (κ2) is 5.03. The number of rotatable bonds is 2. The van der Waals surface area contributed by atoms with Gasteiger partial charge in [-0.15, -0.1) is 0 Å². The van der Waals surface area contributed by atoms with Crippen LogP contribution in [0.2, 0.25) is 0 Å². The number of benzene rings is 2. The zero-order chi connectivity index (χ0) is 14.3. The molecule has 102 valence electrons. The van der Waals surface area contributed by atoms with E-state index in [4.69, 9.17) is 17.0 Å².